The summed E-state index contributed by atoms with van der Waals surface area (Å²) in [6.45, 7) is 1.66. The third-order valence-corrected chi connectivity index (χ3v) is 5.68. The summed E-state index contributed by atoms with van der Waals surface area (Å²) in [7, 11) is 0. The fourth-order valence-electron chi connectivity index (χ4n) is 3.02. The molecule has 1 atom stereocenters. The van der Waals surface area contributed by atoms with Gasteiger partial charge in [0.05, 0.1) is 10.6 Å². The van der Waals surface area contributed by atoms with Crippen LogP contribution in [0.15, 0.2) is 52.3 Å². The molecule has 1 aliphatic rings. The Hall–Kier alpha value is -2.12. The van der Waals surface area contributed by atoms with Crippen molar-refractivity contribution < 1.29 is 4.79 Å². The van der Waals surface area contributed by atoms with E-state index >= 15 is 0 Å². The summed E-state index contributed by atoms with van der Waals surface area (Å²) >= 11 is 5.09. The first-order valence-electron chi connectivity index (χ1n) is 8.10. The molecule has 0 unspecified atom stereocenters. The fourth-order valence-corrected chi connectivity index (χ4v) is 4.11. The number of aromatic nitrogens is 2. The normalized spacial score (nSPS) is 17.0. The molecule has 3 heterocycles. The summed E-state index contributed by atoms with van der Waals surface area (Å²) in [4.78, 5) is 15.8. The molecule has 1 amide bonds. The third-order valence-electron chi connectivity index (χ3n) is 4.29. The van der Waals surface area contributed by atoms with Crippen LogP contribution in [0.25, 0.3) is 10.6 Å². The predicted octanol–water partition coefficient (Wildman–Crippen LogP) is 3.91. The summed E-state index contributed by atoms with van der Waals surface area (Å²) in [6.07, 6.45) is 0.918. The van der Waals surface area contributed by atoms with E-state index in [9.17, 15) is 4.79 Å². The van der Waals surface area contributed by atoms with Gasteiger partial charge in [-0.2, -0.15) is 5.10 Å². The summed E-state index contributed by atoms with van der Waals surface area (Å²) in [5, 5.41) is 12.7. The van der Waals surface area contributed by atoms with E-state index in [1.54, 1.807) is 11.3 Å². The largest absolute Gasteiger partial charge is 0.353 e. The Bertz CT molecular complexity index is 877. The van der Waals surface area contributed by atoms with E-state index in [1.165, 1.54) is 4.88 Å². The van der Waals surface area contributed by atoms with Crippen LogP contribution in [0.4, 0.5) is 5.82 Å². The lowest BCUT2D eigenvalue weighted by Gasteiger charge is -2.16. The molecule has 128 valence electrons. The van der Waals surface area contributed by atoms with Crippen molar-refractivity contribution in [3.63, 3.8) is 0 Å². The minimum Gasteiger partial charge on any atom is -0.353 e. The zero-order valence-corrected chi connectivity index (χ0v) is 15.8. The number of aromatic amines is 1. The summed E-state index contributed by atoms with van der Waals surface area (Å²) in [5.41, 5.74) is 1.71. The van der Waals surface area contributed by atoms with Crippen LogP contribution in [-0.2, 0) is 0 Å². The lowest BCUT2D eigenvalue weighted by Crippen LogP contribution is -2.37. The van der Waals surface area contributed by atoms with Crippen LogP contribution in [-0.4, -0.2) is 35.2 Å². The Balaban J connectivity index is 1.39. The van der Waals surface area contributed by atoms with Crippen molar-refractivity contribution in [3.8, 4) is 10.6 Å². The number of amides is 1. The summed E-state index contributed by atoms with van der Waals surface area (Å²) in [5.74, 6) is 0.900. The van der Waals surface area contributed by atoms with Crippen molar-refractivity contribution in [1.29, 1.82) is 0 Å². The number of halogens is 1. The number of H-pyrrole nitrogens is 1. The molecule has 1 fully saturated rings. The fraction of sp³-hybridized carbons (Fsp3) is 0.222. The van der Waals surface area contributed by atoms with Gasteiger partial charge >= 0.3 is 0 Å². The standard InChI is InChI=1S/C18H17BrN4OS/c19-13-4-1-3-12(9-13)18(24)20-14-6-7-23(11-14)17-10-15(21-22-17)16-5-2-8-25-16/h1-5,8-10,14H,6-7,11H2,(H,20,24)(H,21,22)/t14-/m1/s1. The van der Waals surface area contributed by atoms with Gasteiger partial charge in [-0.1, -0.05) is 28.1 Å². The summed E-state index contributed by atoms with van der Waals surface area (Å²) < 4.78 is 0.908. The molecule has 5 nitrogen and oxygen atoms in total. The number of thiophene rings is 1. The second-order valence-corrected chi connectivity index (χ2v) is 7.90. The number of rotatable bonds is 4. The van der Waals surface area contributed by atoms with Gasteiger partial charge in [0.1, 0.15) is 0 Å². The highest BCUT2D eigenvalue weighted by Crippen LogP contribution is 2.27. The second kappa shape index (κ2) is 7.01. The minimum absolute atomic E-state index is 0.0329. The van der Waals surface area contributed by atoms with E-state index in [-0.39, 0.29) is 11.9 Å². The third kappa shape index (κ3) is 3.62. The van der Waals surface area contributed by atoms with Gasteiger partial charge in [0.2, 0.25) is 0 Å². The molecule has 0 spiro atoms. The van der Waals surface area contributed by atoms with Crippen molar-refractivity contribution in [3.05, 3.63) is 57.9 Å². The Labute approximate surface area is 158 Å². The SMILES string of the molecule is O=C(N[C@@H]1CCN(c2cc(-c3cccs3)[nH]n2)C1)c1cccc(Br)c1. The molecular formula is C18H17BrN4OS. The van der Waals surface area contributed by atoms with Gasteiger partial charge < -0.3 is 10.2 Å². The molecule has 0 radical (unpaired) electrons. The number of hydrogen-bond donors (Lipinski definition) is 2. The lowest BCUT2D eigenvalue weighted by molar-refractivity contribution is 0.0940. The van der Waals surface area contributed by atoms with Gasteiger partial charge in [-0.15, -0.1) is 11.3 Å². The van der Waals surface area contributed by atoms with E-state index in [1.807, 2.05) is 30.3 Å². The van der Waals surface area contributed by atoms with Crippen molar-refractivity contribution in [2.75, 3.05) is 18.0 Å². The maximum absolute atomic E-state index is 12.4. The highest BCUT2D eigenvalue weighted by molar-refractivity contribution is 9.10. The molecule has 3 aromatic rings. The maximum Gasteiger partial charge on any atom is 0.251 e. The lowest BCUT2D eigenvalue weighted by atomic mass is 10.2. The number of nitrogens with zero attached hydrogens (tertiary/aromatic N) is 2. The van der Waals surface area contributed by atoms with Crippen molar-refractivity contribution in [2.24, 2.45) is 0 Å². The van der Waals surface area contributed by atoms with Gasteiger partial charge in [-0.05, 0) is 36.1 Å². The number of carbonyl (C=O) groups excluding carboxylic acids is 1. The quantitative estimate of drug-likeness (QED) is 0.677. The average Bonchev–Trinajstić information content (AvgIpc) is 3.35. The van der Waals surface area contributed by atoms with Crippen molar-refractivity contribution >= 4 is 39.0 Å². The van der Waals surface area contributed by atoms with Crippen LogP contribution >= 0.6 is 27.3 Å². The molecule has 4 rings (SSSR count). The topological polar surface area (TPSA) is 61.0 Å². The molecule has 1 saturated heterocycles. The van der Waals surface area contributed by atoms with Crippen LogP contribution in [0.5, 0.6) is 0 Å². The van der Waals surface area contributed by atoms with E-state index in [2.05, 4.69) is 53.9 Å². The first-order chi connectivity index (χ1) is 12.2. The molecule has 25 heavy (non-hydrogen) atoms. The number of carbonyl (C=O) groups is 1. The first-order valence-corrected chi connectivity index (χ1v) is 9.77. The van der Waals surface area contributed by atoms with Gasteiger partial charge in [-0.25, -0.2) is 0 Å². The highest BCUT2D eigenvalue weighted by atomic mass is 79.9. The van der Waals surface area contributed by atoms with Gasteiger partial charge in [0.15, 0.2) is 5.82 Å². The van der Waals surface area contributed by atoms with Crippen LogP contribution in [0.2, 0.25) is 0 Å². The zero-order chi connectivity index (χ0) is 17.2. The molecule has 2 N–H and O–H groups in total. The number of anilines is 1. The summed E-state index contributed by atoms with van der Waals surface area (Å²) in [6, 6.07) is 13.8. The molecule has 1 aliphatic heterocycles. The Morgan fingerprint density at radius 3 is 3.04 bits per heavy atom. The minimum atomic E-state index is -0.0329. The van der Waals surface area contributed by atoms with Gasteiger partial charge in [-0.3, -0.25) is 9.89 Å². The van der Waals surface area contributed by atoms with E-state index in [0.29, 0.717) is 5.56 Å². The van der Waals surface area contributed by atoms with Gasteiger partial charge in [0, 0.05) is 35.2 Å². The molecule has 7 heteroatoms. The number of hydrogen-bond acceptors (Lipinski definition) is 4. The Kier molecular flexibility index (Phi) is 4.59. The predicted molar refractivity (Wildman–Crippen MR) is 104 cm³/mol. The second-order valence-electron chi connectivity index (χ2n) is 6.03. The monoisotopic (exact) mass is 416 g/mol. The van der Waals surface area contributed by atoms with Crippen LogP contribution in [0, 0.1) is 0 Å². The highest BCUT2D eigenvalue weighted by Gasteiger charge is 2.26. The first kappa shape index (κ1) is 16.4. The molecule has 0 saturated carbocycles. The van der Waals surface area contributed by atoms with Crippen LogP contribution in [0.1, 0.15) is 16.8 Å². The molecule has 2 aromatic heterocycles. The molecule has 0 aliphatic carbocycles. The van der Waals surface area contributed by atoms with Crippen molar-refractivity contribution in [2.45, 2.75) is 12.5 Å². The van der Waals surface area contributed by atoms with Crippen LogP contribution in [0.3, 0.4) is 0 Å². The van der Waals surface area contributed by atoms with Crippen molar-refractivity contribution in [1.82, 2.24) is 15.5 Å². The van der Waals surface area contributed by atoms with Gasteiger partial charge in [0.25, 0.3) is 5.91 Å². The molecular weight excluding hydrogens is 400 g/mol. The van der Waals surface area contributed by atoms with E-state index in [4.69, 9.17) is 0 Å². The Morgan fingerprint density at radius 1 is 1.32 bits per heavy atom. The van der Waals surface area contributed by atoms with E-state index in [0.717, 1.165) is 35.5 Å². The zero-order valence-electron chi connectivity index (χ0n) is 13.4. The Morgan fingerprint density at radius 2 is 2.24 bits per heavy atom. The smallest absolute Gasteiger partial charge is 0.251 e. The number of nitrogens with one attached hydrogen (secondary N) is 2. The van der Waals surface area contributed by atoms with Crippen LogP contribution < -0.4 is 10.2 Å². The maximum atomic E-state index is 12.4. The average molecular weight is 417 g/mol. The molecule has 0 bridgehead atoms. The van der Waals surface area contributed by atoms with E-state index < -0.39 is 0 Å². The molecule has 1 aromatic carbocycles. The number of benzene rings is 1.